The molecule has 1 fully saturated rings. The van der Waals surface area contributed by atoms with E-state index in [-0.39, 0.29) is 28.9 Å². The number of rotatable bonds is 2. The van der Waals surface area contributed by atoms with Crippen molar-refractivity contribution in [3.8, 4) is 0 Å². The molecular formula is C26H40N2O3. The van der Waals surface area contributed by atoms with Crippen LogP contribution in [-0.2, 0) is 14.9 Å². The molecule has 1 aliphatic heterocycles. The van der Waals surface area contributed by atoms with Crippen LogP contribution in [0.5, 0.6) is 0 Å². The van der Waals surface area contributed by atoms with Gasteiger partial charge in [0, 0.05) is 38.5 Å². The van der Waals surface area contributed by atoms with E-state index in [1.54, 1.807) is 6.92 Å². The summed E-state index contributed by atoms with van der Waals surface area (Å²) in [5.74, 6) is 0.361. The van der Waals surface area contributed by atoms with Gasteiger partial charge in [0.15, 0.2) is 0 Å². The molecule has 1 saturated heterocycles. The van der Waals surface area contributed by atoms with Crippen molar-refractivity contribution in [3.63, 3.8) is 0 Å². The lowest BCUT2D eigenvalue weighted by atomic mass is 9.71. The lowest BCUT2D eigenvalue weighted by molar-refractivity contribution is -0.133. The first kappa shape index (κ1) is 23.6. The van der Waals surface area contributed by atoms with E-state index in [9.17, 15) is 9.59 Å². The van der Waals surface area contributed by atoms with E-state index < -0.39 is 5.60 Å². The predicted octanol–water partition coefficient (Wildman–Crippen LogP) is 5.32. The molecule has 0 aromatic heterocycles. The molecule has 0 saturated carbocycles. The van der Waals surface area contributed by atoms with Crippen LogP contribution < -0.4 is 0 Å². The van der Waals surface area contributed by atoms with Gasteiger partial charge in [0.2, 0.25) is 5.91 Å². The van der Waals surface area contributed by atoms with Gasteiger partial charge in [0.05, 0.1) is 0 Å². The number of piperidine rings is 1. The second kappa shape index (κ2) is 7.83. The number of fused-ring (bicyclic) bond motifs is 2. The molecule has 1 atom stereocenters. The first-order valence-electron chi connectivity index (χ1n) is 11.5. The van der Waals surface area contributed by atoms with Crippen molar-refractivity contribution in [2.24, 2.45) is 0 Å². The number of nitrogens with zero attached hydrogens (tertiary/aromatic N) is 2. The Morgan fingerprint density at radius 1 is 1.06 bits per heavy atom. The van der Waals surface area contributed by atoms with Crippen LogP contribution in [0.4, 0.5) is 4.79 Å². The molecule has 1 aromatic carbocycles. The van der Waals surface area contributed by atoms with Crippen molar-refractivity contribution in [1.82, 2.24) is 9.80 Å². The van der Waals surface area contributed by atoms with Crippen LogP contribution >= 0.6 is 0 Å². The zero-order valence-electron chi connectivity index (χ0n) is 20.9. The molecule has 1 heterocycles. The maximum absolute atomic E-state index is 12.6. The van der Waals surface area contributed by atoms with E-state index in [1.165, 1.54) is 22.3 Å². The average molecular weight is 429 g/mol. The number of hydrogen-bond donors (Lipinski definition) is 0. The van der Waals surface area contributed by atoms with Crippen molar-refractivity contribution in [1.29, 1.82) is 0 Å². The smallest absolute Gasteiger partial charge is 0.410 e. The summed E-state index contributed by atoms with van der Waals surface area (Å²) >= 11 is 0. The Balaban J connectivity index is 1.93. The fraction of sp³-hybridized carbons (Fsp3) is 0.692. The van der Waals surface area contributed by atoms with E-state index in [2.05, 4.69) is 39.8 Å². The van der Waals surface area contributed by atoms with Crippen molar-refractivity contribution in [2.45, 2.75) is 97.1 Å². The maximum atomic E-state index is 12.6. The molecular weight excluding hydrogens is 388 g/mol. The highest BCUT2D eigenvalue weighted by Crippen LogP contribution is 2.56. The Morgan fingerprint density at radius 3 is 2.13 bits per heavy atom. The number of benzene rings is 1. The topological polar surface area (TPSA) is 49.9 Å². The highest BCUT2D eigenvalue weighted by molar-refractivity contribution is 5.74. The fourth-order valence-electron chi connectivity index (χ4n) is 5.38. The van der Waals surface area contributed by atoms with E-state index >= 15 is 0 Å². The summed E-state index contributed by atoms with van der Waals surface area (Å²) in [6, 6.07) is 4.72. The molecule has 172 valence electrons. The number of amides is 2. The number of carbonyl (C=O) groups is 2. The third kappa shape index (κ3) is 4.33. The molecule has 0 radical (unpaired) electrons. The summed E-state index contributed by atoms with van der Waals surface area (Å²) in [7, 11) is 1.92. The quantitative estimate of drug-likeness (QED) is 0.641. The van der Waals surface area contributed by atoms with Crippen LogP contribution in [-0.4, -0.2) is 53.1 Å². The maximum Gasteiger partial charge on any atom is 0.410 e. The number of aryl methyl sites for hydroxylation is 2. The Labute approximate surface area is 188 Å². The summed E-state index contributed by atoms with van der Waals surface area (Å²) in [6.07, 6.45) is 2.66. The minimum atomic E-state index is -0.479. The number of likely N-dealkylation sites (N-methyl/N-ethyl adjacent to an activating group) is 1. The van der Waals surface area contributed by atoms with Gasteiger partial charge >= 0.3 is 6.09 Å². The van der Waals surface area contributed by atoms with E-state index in [0.717, 1.165) is 19.3 Å². The van der Waals surface area contributed by atoms with Gasteiger partial charge in [-0.05, 0) is 95.4 Å². The Bertz CT molecular complexity index is 873. The predicted molar refractivity (Wildman–Crippen MR) is 125 cm³/mol. The molecule has 3 rings (SSSR count). The summed E-state index contributed by atoms with van der Waals surface area (Å²) < 4.78 is 5.61. The molecule has 0 N–H and O–H groups in total. The van der Waals surface area contributed by atoms with Crippen LogP contribution in [0.1, 0.15) is 89.0 Å². The van der Waals surface area contributed by atoms with Crippen molar-refractivity contribution >= 4 is 12.0 Å². The summed E-state index contributed by atoms with van der Waals surface area (Å²) in [5, 5.41) is 0. The van der Waals surface area contributed by atoms with Crippen LogP contribution in [0.2, 0.25) is 0 Å². The average Bonchev–Trinajstić information content (AvgIpc) is 2.94. The van der Waals surface area contributed by atoms with Gasteiger partial charge < -0.3 is 14.5 Å². The molecule has 0 bridgehead atoms. The molecule has 5 heteroatoms. The molecule has 31 heavy (non-hydrogen) atoms. The highest BCUT2D eigenvalue weighted by Gasteiger charge is 2.51. The molecule has 5 nitrogen and oxygen atoms in total. The normalized spacial score (nSPS) is 20.5. The zero-order valence-corrected chi connectivity index (χ0v) is 20.9. The van der Waals surface area contributed by atoms with E-state index in [0.29, 0.717) is 13.1 Å². The standard InChI is InChI=1S/C26H40N2O3/c1-17-14-20-21(15-18(17)2)26(16-22(20)25(7,8)27(9)19(3)29)10-12-28(13-11-26)23(30)31-24(4,5)6/h14-15,22H,10-13,16H2,1-9H3/t22-/m1/s1. The van der Waals surface area contributed by atoms with E-state index in [1.807, 2.05) is 37.6 Å². The van der Waals surface area contributed by atoms with Crippen LogP contribution in [0.25, 0.3) is 0 Å². The van der Waals surface area contributed by atoms with Crippen LogP contribution in [0, 0.1) is 13.8 Å². The number of likely N-dealkylation sites (tertiary alicyclic amines) is 1. The molecule has 0 unspecified atom stereocenters. The second-order valence-electron chi connectivity index (χ2n) is 11.3. The molecule has 1 aliphatic carbocycles. The molecule has 2 amide bonds. The Kier molecular flexibility index (Phi) is 5.96. The van der Waals surface area contributed by atoms with Gasteiger partial charge in [-0.3, -0.25) is 4.79 Å². The number of hydrogen-bond acceptors (Lipinski definition) is 3. The van der Waals surface area contributed by atoms with Gasteiger partial charge in [0.1, 0.15) is 5.60 Å². The monoisotopic (exact) mass is 428 g/mol. The van der Waals surface area contributed by atoms with E-state index in [4.69, 9.17) is 4.74 Å². The summed E-state index contributed by atoms with van der Waals surface area (Å²) in [5.41, 5.74) is 4.70. The largest absolute Gasteiger partial charge is 0.444 e. The fourth-order valence-corrected chi connectivity index (χ4v) is 5.38. The van der Waals surface area contributed by atoms with Crippen molar-refractivity contribution < 1.29 is 14.3 Å². The summed E-state index contributed by atoms with van der Waals surface area (Å²) in [4.78, 5) is 28.6. The van der Waals surface area contributed by atoms with Gasteiger partial charge in [0.25, 0.3) is 0 Å². The molecule has 2 aliphatic rings. The minimum absolute atomic E-state index is 0.0475. The number of carbonyl (C=O) groups excluding carboxylic acids is 2. The van der Waals surface area contributed by atoms with Gasteiger partial charge in [-0.15, -0.1) is 0 Å². The zero-order chi connectivity index (χ0) is 23.4. The van der Waals surface area contributed by atoms with Crippen LogP contribution in [0.3, 0.4) is 0 Å². The summed E-state index contributed by atoms with van der Waals surface area (Å²) in [6.45, 7) is 17.5. The van der Waals surface area contributed by atoms with Crippen molar-refractivity contribution in [3.05, 3.63) is 34.4 Å². The van der Waals surface area contributed by atoms with Crippen molar-refractivity contribution in [2.75, 3.05) is 20.1 Å². The third-order valence-corrected chi connectivity index (χ3v) is 7.77. The third-order valence-electron chi connectivity index (χ3n) is 7.77. The highest BCUT2D eigenvalue weighted by atomic mass is 16.6. The minimum Gasteiger partial charge on any atom is -0.444 e. The van der Waals surface area contributed by atoms with Gasteiger partial charge in [-0.2, -0.15) is 0 Å². The first-order valence-corrected chi connectivity index (χ1v) is 11.5. The van der Waals surface area contributed by atoms with Gasteiger partial charge in [-0.1, -0.05) is 12.1 Å². The lowest BCUT2D eigenvalue weighted by Gasteiger charge is -2.43. The Hall–Kier alpha value is -2.04. The SMILES string of the molecule is CC(=O)N(C)C(C)(C)[C@@H]1CC2(CCN(C(=O)OC(C)(C)C)CC2)c2cc(C)c(C)cc21. The number of ether oxygens (including phenoxy) is 1. The lowest BCUT2D eigenvalue weighted by Crippen LogP contribution is -2.49. The Morgan fingerprint density at radius 2 is 1.61 bits per heavy atom. The molecule has 1 aromatic rings. The van der Waals surface area contributed by atoms with Crippen LogP contribution in [0.15, 0.2) is 12.1 Å². The second-order valence-corrected chi connectivity index (χ2v) is 11.3. The molecule has 1 spiro atoms. The first-order chi connectivity index (χ1) is 14.2. The van der Waals surface area contributed by atoms with Gasteiger partial charge in [-0.25, -0.2) is 4.79 Å².